The van der Waals surface area contributed by atoms with Crippen molar-refractivity contribution in [3.8, 4) is 11.5 Å². The number of carbonyl (C=O) groups is 1. The Morgan fingerprint density at radius 2 is 2.04 bits per heavy atom. The lowest BCUT2D eigenvalue weighted by Crippen LogP contribution is -2.45. The average Bonchev–Trinajstić information content (AvgIpc) is 3.13. The van der Waals surface area contributed by atoms with Crippen molar-refractivity contribution in [1.29, 1.82) is 0 Å². The van der Waals surface area contributed by atoms with Crippen molar-refractivity contribution >= 4 is 18.3 Å². The van der Waals surface area contributed by atoms with Crippen LogP contribution in [0.2, 0.25) is 0 Å². The van der Waals surface area contributed by atoms with Gasteiger partial charge in [-0.1, -0.05) is 6.07 Å². The molecule has 8 heteroatoms. The molecular weight excluding hydrogens is 360 g/mol. The van der Waals surface area contributed by atoms with Gasteiger partial charge in [0.2, 0.25) is 12.7 Å². The van der Waals surface area contributed by atoms with Gasteiger partial charge in [0.1, 0.15) is 0 Å². The molecule has 0 saturated carbocycles. The Hall–Kier alpha value is -1.54. The van der Waals surface area contributed by atoms with Crippen molar-refractivity contribution in [3.63, 3.8) is 0 Å². The van der Waals surface area contributed by atoms with Gasteiger partial charge in [-0.05, 0) is 30.5 Å². The number of rotatable bonds is 7. The van der Waals surface area contributed by atoms with Crippen molar-refractivity contribution in [3.05, 3.63) is 23.8 Å². The summed E-state index contributed by atoms with van der Waals surface area (Å²) in [4.78, 5) is 12.3. The molecule has 2 heterocycles. The smallest absolute Gasteiger partial charge is 0.231 e. The zero-order valence-electron chi connectivity index (χ0n) is 15.0. The Balaban J connectivity index is 0.00000243. The van der Waals surface area contributed by atoms with Crippen molar-refractivity contribution < 1.29 is 23.7 Å². The van der Waals surface area contributed by atoms with Crippen LogP contribution < -0.4 is 20.5 Å². The van der Waals surface area contributed by atoms with Crippen LogP contribution in [0, 0.1) is 0 Å². The van der Waals surface area contributed by atoms with E-state index < -0.39 is 0 Å². The number of nitrogens with one attached hydrogen (secondary N) is 1. The maximum absolute atomic E-state index is 12.3. The minimum absolute atomic E-state index is 0. The van der Waals surface area contributed by atoms with Gasteiger partial charge in [0.25, 0.3) is 0 Å². The topological polar surface area (TPSA) is 92.0 Å². The highest BCUT2D eigenvalue weighted by Gasteiger charge is 2.36. The van der Waals surface area contributed by atoms with E-state index in [9.17, 15) is 4.79 Å². The van der Waals surface area contributed by atoms with E-state index >= 15 is 0 Å². The van der Waals surface area contributed by atoms with Gasteiger partial charge in [-0.15, -0.1) is 12.4 Å². The van der Waals surface area contributed by atoms with E-state index in [-0.39, 0.29) is 43.0 Å². The molecule has 26 heavy (non-hydrogen) atoms. The summed E-state index contributed by atoms with van der Waals surface area (Å²) in [6, 6.07) is 6.02. The molecule has 1 atom stereocenters. The number of methoxy groups -OCH3 is 1. The van der Waals surface area contributed by atoms with Crippen molar-refractivity contribution in [1.82, 2.24) is 5.32 Å². The Morgan fingerprint density at radius 3 is 2.73 bits per heavy atom. The van der Waals surface area contributed by atoms with E-state index in [4.69, 9.17) is 24.7 Å². The molecule has 1 saturated heterocycles. The second-order valence-corrected chi connectivity index (χ2v) is 6.54. The third kappa shape index (κ3) is 4.59. The lowest BCUT2D eigenvalue weighted by Gasteiger charge is -2.38. The molecule has 0 radical (unpaired) electrons. The maximum Gasteiger partial charge on any atom is 0.231 e. The monoisotopic (exact) mass is 386 g/mol. The summed E-state index contributed by atoms with van der Waals surface area (Å²) in [5.74, 6) is 1.47. The molecule has 7 nitrogen and oxygen atoms in total. The van der Waals surface area contributed by atoms with Gasteiger partial charge in [0, 0.05) is 38.8 Å². The third-order valence-corrected chi connectivity index (χ3v) is 5.07. The molecule has 1 fully saturated rings. The van der Waals surface area contributed by atoms with E-state index in [1.165, 1.54) is 0 Å². The summed E-state index contributed by atoms with van der Waals surface area (Å²) in [6.07, 6.45) is 1.70. The van der Waals surface area contributed by atoms with Crippen LogP contribution in [0.5, 0.6) is 11.5 Å². The van der Waals surface area contributed by atoms with Crippen LogP contribution in [0.3, 0.4) is 0 Å². The van der Waals surface area contributed by atoms with Crippen LogP contribution >= 0.6 is 12.4 Å². The van der Waals surface area contributed by atoms with Crippen LogP contribution in [0.15, 0.2) is 18.2 Å². The molecule has 1 aromatic rings. The number of hydrogen-bond acceptors (Lipinski definition) is 6. The Kier molecular flexibility index (Phi) is 7.52. The van der Waals surface area contributed by atoms with Gasteiger partial charge in [-0.2, -0.15) is 0 Å². The van der Waals surface area contributed by atoms with Crippen LogP contribution in [0.1, 0.15) is 24.8 Å². The fraction of sp³-hybridized carbons (Fsp3) is 0.611. The summed E-state index contributed by atoms with van der Waals surface area (Å²) in [7, 11) is 1.57. The number of halogens is 1. The highest BCUT2D eigenvalue weighted by atomic mass is 35.5. The summed E-state index contributed by atoms with van der Waals surface area (Å²) in [5.41, 5.74) is 6.57. The van der Waals surface area contributed by atoms with Gasteiger partial charge in [0.15, 0.2) is 11.5 Å². The second-order valence-electron chi connectivity index (χ2n) is 6.54. The summed E-state index contributed by atoms with van der Waals surface area (Å²) in [5, 5.41) is 3.06. The van der Waals surface area contributed by atoms with Crippen molar-refractivity contribution in [2.45, 2.75) is 30.8 Å². The molecule has 1 amide bonds. The number of hydrogen-bond donors (Lipinski definition) is 2. The minimum atomic E-state index is -0.254. The first kappa shape index (κ1) is 20.8. The van der Waals surface area contributed by atoms with Crippen LogP contribution in [0.25, 0.3) is 0 Å². The summed E-state index contributed by atoms with van der Waals surface area (Å²) >= 11 is 0. The molecule has 3 rings (SSSR count). The lowest BCUT2D eigenvalue weighted by molar-refractivity contribution is -0.123. The zero-order chi connectivity index (χ0) is 17.7. The summed E-state index contributed by atoms with van der Waals surface area (Å²) < 4.78 is 21.6. The Bertz CT molecular complexity index is 603. The maximum atomic E-state index is 12.3. The first-order valence-corrected chi connectivity index (χ1v) is 8.64. The molecule has 0 bridgehead atoms. The van der Waals surface area contributed by atoms with Crippen molar-refractivity contribution in [2.75, 3.05) is 40.2 Å². The quantitative estimate of drug-likeness (QED) is 0.735. The number of carbonyl (C=O) groups excluding carboxylic acids is 1. The highest BCUT2D eigenvalue weighted by molar-refractivity contribution is 5.85. The molecule has 146 valence electrons. The fourth-order valence-electron chi connectivity index (χ4n) is 3.37. The van der Waals surface area contributed by atoms with E-state index in [1.807, 2.05) is 12.1 Å². The molecule has 1 aromatic carbocycles. The molecule has 0 aromatic heterocycles. The van der Waals surface area contributed by atoms with Crippen LogP contribution in [-0.4, -0.2) is 52.2 Å². The van der Waals surface area contributed by atoms with Gasteiger partial charge in [-0.3, -0.25) is 4.79 Å². The highest BCUT2D eigenvalue weighted by Crippen LogP contribution is 2.40. The fourth-order valence-corrected chi connectivity index (χ4v) is 3.37. The second kappa shape index (κ2) is 9.41. The first-order valence-electron chi connectivity index (χ1n) is 8.64. The van der Waals surface area contributed by atoms with E-state index in [0.717, 1.165) is 29.9 Å². The Labute approximate surface area is 159 Å². The third-order valence-electron chi connectivity index (χ3n) is 5.07. The molecule has 3 N–H and O–H groups in total. The van der Waals surface area contributed by atoms with E-state index in [2.05, 4.69) is 11.4 Å². The van der Waals surface area contributed by atoms with E-state index in [0.29, 0.717) is 26.3 Å². The standard InChI is InChI=1S/C18H26N2O5.ClH/c1-22-14(10-19)9-17(21)20-11-18(4-6-23-7-5-18)13-2-3-15-16(8-13)25-12-24-15;/h2-3,8,14H,4-7,9-12,19H2,1H3,(H,20,21);1H. The molecule has 2 aliphatic heterocycles. The number of nitrogens with two attached hydrogens (primary N) is 1. The predicted molar refractivity (Wildman–Crippen MR) is 99.0 cm³/mol. The van der Waals surface area contributed by atoms with Gasteiger partial charge >= 0.3 is 0 Å². The first-order chi connectivity index (χ1) is 12.2. The van der Waals surface area contributed by atoms with Gasteiger partial charge in [-0.25, -0.2) is 0 Å². The molecule has 0 spiro atoms. The van der Waals surface area contributed by atoms with Gasteiger partial charge in [0.05, 0.1) is 12.5 Å². The minimum Gasteiger partial charge on any atom is -0.454 e. The molecule has 0 aliphatic carbocycles. The van der Waals surface area contributed by atoms with Crippen LogP contribution in [0.4, 0.5) is 0 Å². The predicted octanol–water partition coefficient (Wildman–Crippen LogP) is 1.37. The number of ether oxygens (including phenoxy) is 4. The zero-order valence-corrected chi connectivity index (χ0v) is 15.8. The average molecular weight is 387 g/mol. The SMILES string of the molecule is COC(CN)CC(=O)NCC1(c2ccc3c(c2)OCO3)CCOCC1.Cl. The lowest BCUT2D eigenvalue weighted by atomic mass is 9.74. The molecular formula is C18H27ClN2O5. The number of fused-ring (bicyclic) bond motifs is 1. The molecule has 1 unspecified atom stereocenters. The largest absolute Gasteiger partial charge is 0.454 e. The Morgan fingerprint density at radius 1 is 1.31 bits per heavy atom. The van der Waals surface area contributed by atoms with Gasteiger partial charge < -0.3 is 30.0 Å². The molecule has 2 aliphatic rings. The van der Waals surface area contributed by atoms with Crippen molar-refractivity contribution in [2.24, 2.45) is 5.73 Å². The number of benzene rings is 1. The summed E-state index contributed by atoms with van der Waals surface area (Å²) in [6.45, 7) is 2.48. The normalized spacial score (nSPS) is 18.7. The van der Waals surface area contributed by atoms with Crippen LogP contribution in [-0.2, 0) is 19.7 Å². The number of amides is 1. The van der Waals surface area contributed by atoms with E-state index in [1.54, 1.807) is 7.11 Å².